The first kappa shape index (κ1) is 29.4. The van der Waals surface area contributed by atoms with Gasteiger partial charge in [0.25, 0.3) is 23.4 Å². The maximum Gasteiger partial charge on any atom is 0.273 e. The number of imide groups is 1. The largest absolute Gasteiger partial charge is 0.292 e. The number of hydrazine groups is 1. The normalized spacial score (nSPS) is 28.2. The number of hydrogen-bond donors (Lipinski definition) is 0. The van der Waals surface area contributed by atoms with E-state index in [1.165, 1.54) is 42.5 Å². The lowest BCUT2D eigenvalue weighted by atomic mass is 9.84. The molecular weight excluding hydrogens is 674 g/mol. The first-order valence-electron chi connectivity index (χ1n) is 11.1. The van der Waals surface area contributed by atoms with Gasteiger partial charge in [0.15, 0.2) is 10.1 Å². The smallest absolute Gasteiger partial charge is 0.273 e. The maximum absolute atomic E-state index is 13.9. The van der Waals surface area contributed by atoms with Crippen LogP contribution in [0.3, 0.4) is 0 Å². The van der Waals surface area contributed by atoms with Crippen molar-refractivity contribution in [3.05, 3.63) is 84.9 Å². The van der Waals surface area contributed by atoms with E-state index in [4.69, 9.17) is 81.2 Å². The summed E-state index contributed by atoms with van der Waals surface area (Å²) in [6.45, 7) is -0.883. The predicted octanol–water partition coefficient (Wildman–Crippen LogP) is 5.94. The molecule has 0 unspecified atom stereocenters. The van der Waals surface area contributed by atoms with Gasteiger partial charge in [-0.05, 0) is 24.3 Å². The van der Waals surface area contributed by atoms with E-state index in [1.807, 2.05) is 0 Å². The predicted molar refractivity (Wildman–Crippen MR) is 149 cm³/mol. The fraction of sp³-hybridized carbons (Fsp3) is 0.250. The molecular formula is C24H12Cl7N3O6. The average Bonchev–Trinajstić information content (AvgIpc) is 3.30. The number of non-ortho nitro benzene ring substituents is 1. The lowest BCUT2D eigenvalue weighted by Crippen LogP contribution is -2.56. The molecule has 0 aromatic heterocycles. The molecule has 0 N–H and O–H groups in total. The van der Waals surface area contributed by atoms with E-state index < -0.39 is 60.9 Å². The van der Waals surface area contributed by atoms with Gasteiger partial charge in [-0.3, -0.25) is 29.3 Å². The van der Waals surface area contributed by atoms with Crippen LogP contribution >= 0.6 is 81.2 Å². The van der Waals surface area contributed by atoms with Gasteiger partial charge in [-0.2, -0.15) is 5.01 Å². The van der Waals surface area contributed by atoms with Crippen molar-refractivity contribution in [3.63, 3.8) is 0 Å². The molecule has 2 aromatic carbocycles. The third-order valence-corrected chi connectivity index (χ3v) is 11.6. The van der Waals surface area contributed by atoms with Crippen molar-refractivity contribution in [1.82, 2.24) is 10.0 Å². The number of allylic oxidation sites excluding steroid dienone is 2. The van der Waals surface area contributed by atoms with Crippen LogP contribution < -0.4 is 0 Å². The van der Waals surface area contributed by atoms with Crippen LogP contribution in [0.1, 0.15) is 20.7 Å². The molecule has 2 fully saturated rings. The molecule has 2 aliphatic carbocycles. The molecule has 1 aliphatic heterocycles. The number of nitrogens with zero attached hydrogens (tertiary/aromatic N) is 3. The minimum absolute atomic E-state index is 0.0451. The van der Waals surface area contributed by atoms with Crippen molar-refractivity contribution in [2.45, 2.75) is 14.1 Å². The van der Waals surface area contributed by atoms with Crippen molar-refractivity contribution in [2.24, 2.45) is 11.8 Å². The molecule has 0 radical (unpaired) electrons. The minimum atomic E-state index is -2.20. The molecule has 40 heavy (non-hydrogen) atoms. The highest BCUT2D eigenvalue weighted by molar-refractivity contribution is 6.66. The van der Waals surface area contributed by atoms with Crippen LogP contribution in [-0.4, -0.2) is 59.1 Å². The summed E-state index contributed by atoms with van der Waals surface area (Å²) in [5.41, 5.74) is -0.584. The Balaban J connectivity index is 1.59. The van der Waals surface area contributed by atoms with E-state index in [-0.39, 0.29) is 26.9 Å². The first-order chi connectivity index (χ1) is 18.6. The molecule has 5 rings (SSSR count). The maximum atomic E-state index is 13.9. The molecule has 1 saturated carbocycles. The zero-order chi connectivity index (χ0) is 29.5. The Hall–Kier alpha value is -2.11. The summed E-state index contributed by atoms with van der Waals surface area (Å²) in [6, 6.07) is 10.1. The molecule has 0 spiro atoms. The first-order valence-corrected chi connectivity index (χ1v) is 13.8. The van der Waals surface area contributed by atoms with Crippen molar-refractivity contribution < 1.29 is 24.1 Å². The number of fused-ring (bicyclic) bond motifs is 5. The van der Waals surface area contributed by atoms with Crippen LogP contribution in [0.2, 0.25) is 5.02 Å². The molecule has 1 heterocycles. The van der Waals surface area contributed by atoms with Crippen molar-refractivity contribution in [2.75, 3.05) is 6.54 Å². The van der Waals surface area contributed by atoms with Gasteiger partial charge in [-0.1, -0.05) is 70.1 Å². The highest BCUT2D eigenvalue weighted by Crippen LogP contribution is 2.77. The Morgan fingerprint density at radius 1 is 0.875 bits per heavy atom. The third kappa shape index (κ3) is 3.75. The van der Waals surface area contributed by atoms with Crippen LogP contribution in [0.15, 0.2) is 58.6 Å². The summed E-state index contributed by atoms with van der Waals surface area (Å²) in [5, 5.41) is 11.9. The number of carbonyl (C=O) groups is 4. The Kier molecular flexibility index (Phi) is 7.15. The fourth-order valence-corrected chi connectivity index (χ4v) is 8.27. The zero-order valence-electron chi connectivity index (χ0n) is 19.4. The number of Topliss-reactive ketones (excluding diaryl/α,β-unsaturated/α-hetero) is 1. The molecule has 4 atom stereocenters. The molecule has 9 nitrogen and oxygen atoms in total. The van der Waals surface area contributed by atoms with E-state index in [9.17, 15) is 29.3 Å². The molecule has 1 saturated heterocycles. The number of ketones is 1. The quantitative estimate of drug-likeness (QED) is 0.122. The minimum Gasteiger partial charge on any atom is -0.292 e. The summed E-state index contributed by atoms with van der Waals surface area (Å²) in [5.74, 6) is -7.02. The monoisotopic (exact) mass is 683 g/mol. The van der Waals surface area contributed by atoms with Gasteiger partial charge in [-0.25, -0.2) is 5.01 Å². The van der Waals surface area contributed by atoms with E-state index >= 15 is 0 Å². The number of hydrogen-bond acceptors (Lipinski definition) is 6. The van der Waals surface area contributed by atoms with Crippen LogP contribution in [0.25, 0.3) is 0 Å². The lowest BCUT2D eigenvalue weighted by molar-refractivity contribution is -0.384. The highest BCUT2D eigenvalue weighted by Gasteiger charge is 2.88. The van der Waals surface area contributed by atoms with E-state index in [2.05, 4.69) is 0 Å². The number of rotatable bonds is 6. The van der Waals surface area contributed by atoms with Crippen LogP contribution in [-0.2, 0) is 9.59 Å². The fourth-order valence-electron chi connectivity index (χ4n) is 5.21. The second kappa shape index (κ2) is 9.73. The molecule has 3 aliphatic rings. The van der Waals surface area contributed by atoms with Gasteiger partial charge in [-0.15, -0.1) is 23.2 Å². The summed E-state index contributed by atoms with van der Waals surface area (Å²) in [7, 11) is 0. The number of alkyl halides is 4. The van der Waals surface area contributed by atoms with Gasteiger partial charge in [0, 0.05) is 28.3 Å². The van der Waals surface area contributed by atoms with Crippen LogP contribution in [0.5, 0.6) is 0 Å². The number of nitro benzene ring substituents is 1. The molecule has 2 bridgehead atoms. The number of nitro groups is 1. The molecule has 2 aromatic rings. The Labute approximate surface area is 260 Å². The van der Waals surface area contributed by atoms with E-state index in [0.717, 1.165) is 6.07 Å². The SMILES string of the molecule is O=C(CN(C(=O)c1ccc(Cl)cc1)N1C(=O)[C@@H]2[C@H](C1=O)[C@@]1(Cl)C(Cl)=C(Cl)[C@@]2(Cl)C1(Cl)Cl)c1cccc([N+](=O)[O-])c1. The van der Waals surface area contributed by atoms with Crippen LogP contribution in [0.4, 0.5) is 5.69 Å². The third-order valence-electron chi connectivity index (χ3n) is 7.12. The highest BCUT2D eigenvalue weighted by atomic mass is 35.5. The topological polar surface area (TPSA) is 118 Å². The van der Waals surface area contributed by atoms with E-state index in [0.29, 0.717) is 15.0 Å². The Bertz CT molecular complexity index is 1520. The summed E-state index contributed by atoms with van der Waals surface area (Å²) in [4.78, 5) is 60.9. The molecule has 3 amide bonds. The van der Waals surface area contributed by atoms with Crippen LogP contribution in [0, 0.1) is 22.0 Å². The van der Waals surface area contributed by atoms with Gasteiger partial charge < -0.3 is 0 Å². The van der Waals surface area contributed by atoms with Gasteiger partial charge in [0.1, 0.15) is 16.3 Å². The Morgan fingerprint density at radius 3 is 1.90 bits per heavy atom. The standard InChI is InChI=1S/C24H12Cl7N3O6/c25-12-6-4-10(5-7-12)19(36)32(9-14(35)11-2-1-3-13(8-11)34(39)40)33-20(37)15-16(21(33)38)23(29)18(27)17(26)22(15,28)24(23,30)31/h1-8,15-16H,9H2/t15-,16+,22-,23-/m1/s1. The van der Waals surface area contributed by atoms with E-state index in [1.54, 1.807) is 0 Å². The second-order valence-corrected chi connectivity index (χ2v) is 12.9. The number of benzene rings is 2. The Morgan fingerprint density at radius 2 is 1.40 bits per heavy atom. The lowest BCUT2D eigenvalue weighted by Gasteiger charge is -2.36. The zero-order valence-corrected chi connectivity index (χ0v) is 24.7. The van der Waals surface area contributed by atoms with Crippen molar-refractivity contribution in [1.29, 1.82) is 0 Å². The van der Waals surface area contributed by atoms with Crippen molar-refractivity contribution in [3.8, 4) is 0 Å². The number of halogens is 7. The van der Waals surface area contributed by atoms with Gasteiger partial charge in [0.2, 0.25) is 0 Å². The molecule has 16 heteroatoms. The van der Waals surface area contributed by atoms with Gasteiger partial charge >= 0.3 is 0 Å². The van der Waals surface area contributed by atoms with Crippen molar-refractivity contribution >= 4 is 110 Å². The summed E-state index contributed by atoms with van der Waals surface area (Å²) < 4.78 is -2.20. The number of carbonyl (C=O) groups excluding carboxylic acids is 4. The second-order valence-electron chi connectivity index (χ2n) is 9.17. The average molecular weight is 687 g/mol. The van der Waals surface area contributed by atoms with Gasteiger partial charge in [0.05, 0.1) is 26.8 Å². The number of amides is 3. The summed E-state index contributed by atoms with van der Waals surface area (Å²) in [6.07, 6.45) is 0. The summed E-state index contributed by atoms with van der Waals surface area (Å²) >= 11 is 45.1. The molecule has 208 valence electrons.